The summed E-state index contributed by atoms with van der Waals surface area (Å²) in [6, 6.07) is 4.03. The van der Waals surface area contributed by atoms with E-state index in [9.17, 15) is 13.2 Å². The maximum atomic E-state index is 15.0. The molecule has 0 spiro atoms. The molecule has 0 aliphatic carbocycles. The zero-order chi connectivity index (χ0) is 19.6. The molecule has 0 radical (unpaired) electrons. The van der Waals surface area contributed by atoms with Crippen LogP contribution in [0.2, 0.25) is 0 Å². The third-order valence-electron chi connectivity index (χ3n) is 4.47. The Kier molecular flexibility index (Phi) is 5.59. The summed E-state index contributed by atoms with van der Waals surface area (Å²) in [5.41, 5.74) is 0. The van der Waals surface area contributed by atoms with Gasteiger partial charge in [-0.1, -0.05) is 6.07 Å². The first-order valence-corrected chi connectivity index (χ1v) is 9.85. The van der Waals surface area contributed by atoms with Crippen LogP contribution in [0.25, 0.3) is 10.8 Å². The number of aromatic nitrogens is 1. The van der Waals surface area contributed by atoms with Crippen LogP contribution in [0.3, 0.4) is 0 Å². The van der Waals surface area contributed by atoms with E-state index in [-0.39, 0.29) is 34.1 Å². The summed E-state index contributed by atoms with van der Waals surface area (Å²) in [6.07, 6.45) is 0.640. The fourth-order valence-electron chi connectivity index (χ4n) is 3.21. The standard InChI is InChI=1S/C17H20FN3O5S/c1-11-9-19-7-4-8-21(11)27(23,24)13-6-3-5-12-14(13)15(18)17(26-10-22)20-16(12)25-2/h3,5-6,10-11,19H,4,7-9H2,1-2H3/t11-/m1/s1. The Labute approximate surface area is 156 Å². The molecule has 8 nitrogen and oxygen atoms in total. The van der Waals surface area contributed by atoms with Crippen molar-refractivity contribution >= 4 is 27.3 Å². The molecule has 10 heteroatoms. The molecule has 1 aliphatic heterocycles. The zero-order valence-corrected chi connectivity index (χ0v) is 15.8. The van der Waals surface area contributed by atoms with Gasteiger partial charge in [-0.2, -0.15) is 9.29 Å². The van der Waals surface area contributed by atoms with E-state index in [1.54, 1.807) is 6.92 Å². The summed E-state index contributed by atoms with van der Waals surface area (Å²) in [7, 11) is -2.70. The molecular formula is C17H20FN3O5S. The number of rotatable bonds is 5. The number of halogens is 1. The summed E-state index contributed by atoms with van der Waals surface area (Å²) in [5, 5.41) is 3.13. The summed E-state index contributed by atoms with van der Waals surface area (Å²) < 4.78 is 52.8. The van der Waals surface area contributed by atoms with Crippen LogP contribution in [0.1, 0.15) is 13.3 Å². The van der Waals surface area contributed by atoms with E-state index in [2.05, 4.69) is 15.0 Å². The number of nitrogens with one attached hydrogen (secondary N) is 1. The maximum absolute atomic E-state index is 15.0. The third kappa shape index (κ3) is 3.47. The van der Waals surface area contributed by atoms with Gasteiger partial charge in [0, 0.05) is 29.9 Å². The Hall–Kier alpha value is -2.30. The summed E-state index contributed by atoms with van der Waals surface area (Å²) in [4.78, 5) is 14.3. The summed E-state index contributed by atoms with van der Waals surface area (Å²) >= 11 is 0. The number of ether oxygens (including phenoxy) is 2. The molecule has 3 rings (SSSR count). The molecule has 2 heterocycles. The van der Waals surface area contributed by atoms with Gasteiger partial charge < -0.3 is 14.8 Å². The number of pyridine rings is 1. The first kappa shape index (κ1) is 19.5. The normalized spacial score (nSPS) is 18.9. The number of hydrogen-bond donors (Lipinski definition) is 1. The Morgan fingerprint density at radius 2 is 2.15 bits per heavy atom. The van der Waals surface area contributed by atoms with Gasteiger partial charge in [-0.25, -0.2) is 12.8 Å². The lowest BCUT2D eigenvalue weighted by Crippen LogP contribution is -2.41. The van der Waals surface area contributed by atoms with Crippen LogP contribution in [0, 0.1) is 5.82 Å². The van der Waals surface area contributed by atoms with E-state index in [0.29, 0.717) is 26.1 Å². The van der Waals surface area contributed by atoms with E-state index in [0.717, 1.165) is 0 Å². The average Bonchev–Trinajstić information content (AvgIpc) is 2.88. The smallest absolute Gasteiger partial charge is 0.299 e. The number of methoxy groups -OCH3 is 1. The van der Waals surface area contributed by atoms with E-state index >= 15 is 4.39 Å². The van der Waals surface area contributed by atoms with Crippen molar-refractivity contribution < 1.29 is 27.1 Å². The molecule has 1 N–H and O–H groups in total. The van der Waals surface area contributed by atoms with Gasteiger partial charge in [-0.15, -0.1) is 0 Å². The monoisotopic (exact) mass is 397 g/mol. The highest BCUT2D eigenvalue weighted by atomic mass is 32.2. The van der Waals surface area contributed by atoms with Crippen LogP contribution in [0.4, 0.5) is 4.39 Å². The van der Waals surface area contributed by atoms with Crippen molar-refractivity contribution in [1.29, 1.82) is 0 Å². The number of nitrogens with zero attached hydrogens (tertiary/aromatic N) is 2. The highest BCUT2D eigenvalue weighted by Crippen LogP contribution is 2.36. The molecule has 0 saturated carbocycles. The molecule has 1 fully saturated rings. The van der Waals surface area contributed by atoms with Crippen LogP contribution >= 0.6 is 0 Å². The summed E-state index contributed by atoms with van der Waals surface area (Å²) in [6.45, 7) is 3.33. The van der Waals surface area contributed by atoms with Gasteiger partial charge in [0.05, 0.1) is 12.0 Å². The molecule has 2 aromatic rings. The molecule has 1 aromatic carbocycles. The predicted octanol–water partition coefficient (Wildman–Crippen LogP) is 1.29. The topological polar surface area (TPSA) is 97.8 Å². The quantitative estimate of drug-likeness (QED) is 0.759. The fourth-order valence-corrected chi connectivity index (χ4v) is 5.09. The van der Waals surface area contributed by atoms with Crippen molar-refractivity contribution in [3.63, 3.8) is 0 Å². The molecule has 0 unspecified atom stereocenters. The largest absolute Gasteiger partial charge is 0.480 e. The molecule has 1 aromatic heterocycles. The Bertz CT molecular complexity index is 967. The van der Waals surface area contributed by atoms with Crippen molar-refractivity contribution in [3.8, 4) is 11.8 Å². The van der Waals surface area contributed by atoms with E-state index in [4.69, 9.17) is 4.74 Å². The van der Waals surface area contributed by atoms with Crippen molar-refractivity contribution in [3.05, 3.63) is 24.0 Å². The SMILES string of the molecule is COc1nc(OC=O)c(F)c2c(S(=O)(=O)N3CCCNC[C@H]3C)cccc12. The molecule has 1 saturated heterocycles. The number of carbonyl (C=O) groups is 1. The molecule has 0 bridgehead atoms. The molecule has 1 aliphatic rings. The van der Waals surface area contributed by atoms with Gasteiger partial charge in [0.15, 0.2) is 5.82 Å². The number of carbonyl (C=O) groups excluding carboxylic acids is 1. The highest BCUT2D eigenvalue weighted by Gasteiger charge is 2.33. The third-order valence-corrected chi connectivity index (χ3v) is 6.53. The van der Waals surface area contributed by atoms with Crippen LogP contribution in [0.15, 0.2) is 23.1 Å². The molecular weight excluding hydrogens is 377 g/mol. The highest BCUT2D eigenvalue weighted by molar-refractivity contribution is 7.89. The number of sulfonamides is 1. The van der Waals surface area contributed by atoms with Crippen LogP contribution in [-0.2, 0) is 14.8 Å². The Morgan fingerprint density at radius 3 is 2.85 bits per heavy atom. The van der Waals surface area contributed by atoms with Gasteiger partial charge in [-0.3, -0.25) is 4.79 Å². The predicted molar refractivity (Wildman–Crippen MR) is 95.8 cm³/mol. The summed E-state index contributed by atoms with van der Waals surface area (Å²) in [5.74, 6) is -1.70. The Morgan fingerprint density at radius 1 is 1.37 bits per heavy atom. The van der Waals surface area contributed by atoms with E-state index in [1.165, 1.54) is 29.6 Å². The molecule has 0 amide bonds. The fraction of sp³-hybridized carbons (Fsp3) is 0.412. The van der Waals surface area contributed by atoms with Crippen molar-refractivity contribution in [2.24, 2.45) is 0 Å². The second-order valence-corrected chi connectivity index (χ2v) is 8.01. The molecule has 1 atom stereocenters. The van der Waals surface area contributed by atoms with Gasteiger partial charge in [0.2, 0.25) is 15.9 Å². The zero-order valence-electron chi connectivity index (χ0n) is 14.9. The number of benzene rings is 1. The minimum Gasteiger partial charge on any atom is -0.480 e. The van der Waals surface area contributed by atoms with Crippen molar-refractivity contribution in [1.82, 2.24) is 14.6 Å². The van der Waals surface area contributed by atoms with Gasteiger partial charge in [0.1, 0.15) is 0 Å². The second kappa shape index (κ2) is 7.75. The number of hydrogen-bond acceptors (Lipinski definition) is 7. The van der Waals surface area contributed by atoms with Gasteiger partial charge >= 0.3 is 0 Å². The maximum Gasteiger partial charge on any atom is 0.299 e. The first-order valence-electron chi connectivity index (χ1n) is 8.41. The minimum atomic E-state index is -4.01. The lowest BCUT2D eigenvalue weighted by Gasteiger charge is -2.26. The molecule has 146 valence electrons. The average molecular weight is 397 g/mol. The van der Waals surface area contributed by atoms with Crippen LogP contribution in [0.5, 0.6) is 11.8 Å². The van der Waals surface area contributed by atoms with Crippen molar-refractivity contribution in [2.45, 2.75) is 24.3 Å². The Balaban J connectivity index is 2.27. The van der Waals surface area contributed by atoms with Crippen LogP contribution in [-0.4, -0.2) is 57.0 Å². The van der Waals surface area contributed by atoms with E-state index < -0.39 is 21.7 Å². The lowest BCUT2D eigenvalue weighted by molar-refractivity contribution is -0.121. The lowest BCUT2D eigenvalue weighted by atomic mass is 10.1. The van der Waals surface area contributed by atoms with Gasteiger partial charge in [0.25, 0.3) is 12.4 Å². The molecule has 27 heavy (non-hydrogen) atoms. The van der Waals surface area contributed by atoms with Crippen molar-refractivity contribution in [2.75, 3.05) is 26.7 Å². The van der Waals surface area contributed by atoms with Crippen LogP contribution < -0.4 is 14.8 Å². The van der Waals surface area contributed by atoms with E-state index in [1.807, 2.05) is 0 Å². The second-order valence-electron chi connectivity index (χ2n) is 6.16. The van der Waals surface area contributed by atoms with Gasteiger partial charge in [-0.05, 0) is 32.0 Å². The number of fused-ring (bicyclic) bond motifs is 1. The first-order chi connectivity index (χ1) is 12.9. The minimum absolute atomic E-state index is 0.0242.